The van der Waals surface area contributed by atoms with E-state index in [4.69, 9.17) is 0 Å². The van der Waals surface area contributed by atoms with Gasteiger partial charge >= 0.3 is 0 Å². The molecule has 2 rings (SSSR count). The zero-order valence-electron chi connectivity index (χ0n) is 8.32. The molecule has 1 aromatic carbocycles. The molecule has 0 radical (unpaired) electrons. The number of rotatable bonds is 3. The third-order valence-corrected chi connectivity index (χ3v) is 6.40. The summed E-state index contributed by atoms with van der Waals surface area (Å²) in [7, 11) is 0.356. The van der Waals surface area contributed by atoms with Crippen molar-refractivity contribution in [1.82, 2.24) is 0 Å². The van der Waals surface area contributed by atoms with Crippen LogP contribution in [0.3, 0.4) is 0 Å². The average molecular weight is 305 g/mol. The molecule has 1 unspecified atom stereocenters. The quantitative estimate of drug-likeness (QED) is 0.537. The fourth-order valence-electron chi connectivity index (χ4n) is 1.42. The van der Waals surface area contributed by atoms with Crippen LogP contribution in [0.2, 0.25) is 0 Å². The normalized spacial score (nSPS) is 19.6. The predicted molar refractivity (Wildman–Crippen MR) is 65.2 cm³/mol. The van der Waals surface area contributed by atoms with E-state index in [1.807, 2.05) is 42.1 Å². The number of benzene rings is 1. The smallest absolute Gasteiger partial charge is 0.211 e. The maximum absolute atomic E-state index is 11.8. The summed E-state index contributed by atoms with van der Waals surface area (Å²) in [4.78, 5) is 11.8. The number of hydrogen-bond donors (Lipinski definition) is 0. The molecule has 1 nitrogen and oxygen atoms in total. The van der Waals surface area contributed by atoms with E-state index < -0.39 is 0 Å². The van der Waals surface area contributed by atoms with Crippen LogP contribution in [0.5, 0.6) is 0 Å². The van der Waals surface area contributed by atoms with Gasteiger partial charge in [-0.2, -0.15) is 0 Å². The number of hydrogen-bond acceptors (Lipinski definition) is 2. The first-order chi connectivity index (χ1) is 6.86. The van der Waals surface area contributed by atoms with Gasteiger partial charge in [-0.15, -0.1) is 11.8 Å². The van der Waals surface area contributed by atoms with Crippen LogP contribution in [-0.2, 0) is 10.9 Å². The summed E-state index contributed by atoms with van der Waals surface area (Å²) < 4.78 is 0. The van der Waals surface area contributed by atoms with Crippen molar-refractivity contribution in [2.45, 2.75) is 0 Å². The van der Waals surface area contributed by atoms with Crippen molar-refractivity contribution in [3.63, 3.8) is 0 Å². The number of carbonyl (C=O) groups excluding carboxylic acids is 1. The largest absolute Gasteiger partial charge is 1.00 e. The minimum atomic E-state index is 0. The van der Waals surface area contributed by atoms with Gasteiger partial charge in [0.05, 0.1) is 0 Å². The van der Waals surface area contributed by atoms with Gasteiger partial charge < -0.3 is 17.0 Å². The van der Waals surface area contributed by atoms with Gasteiger partial charge in [0, 0.05) is 22.2 Å². The minimum Gasteiger partial charge on any atom is -1.00 e. The van der Waals surface area contributed by atoms with Crippen molar-refractivity contribution in [2.75, 3.05) is 22.3 Å². The van der Waals surface area contributed by atoms with E-state index in [0.29, 0.717) is 16.7 Å². The first-order valence-electron chi connectivity index (χ1n) is 4.66. The van der Waals surface area contributed by atoms with Crippen LogP contribution in [0.4, 0.5) is 0 Å². The molecule has 1 saturated heterocycles. The zero-order chi connectivity index (χ0) is 9.80. The van der Waals surface area contributed by atoms with E-state index in [1.54, 1.807) is 0 Å². The van der Waals surface area contributed by atoms with Gasteiger partial charge in [0.25, 0.3) is 0 Å². The summed E-state index contributed by atoms with van der Waals surface area (Å²) in [5, 5.41) is 1.19. The van der Waals surface area contributed by atoms with Crippen molar-refractivity contribution in [3.8, 4) is 0 Å². The molecule has 1 aromatic rings. The van der Waals surface area contributed by atoms with E-state index in [2.05, 4.69) is 0 Å². The highest BCUT2D eigenvalue weighted by Gasteiger charge is 2.27. The summed E-state index contributed by atoms with van der Waals surface area (Å²) in [6.45, 7) is 0. The van der Waals surface area contributed by atoms with Crippen molar-refractivity contribution in [2.24, 2.45) is 0 Å². The van der Waals surface area contributed by atoms with Crippen LogP contribution in [0, 0.1) is 0 Å². The van der Waals surface area contributed by atoms with Crippen LogP contribution in [0.25, 0.3) is 0 Å². The van der Waals surface area contributed by atoms with Gasteiger partial charge in [-0.25, -0.2) is 0 Å². The maximum atomic E-state index is 11.8. The van der Waals surface area contributed by atoms with Gasteiger partial charge in [0.2, 0.25) is 5.78 Å². The molecular formula is C11H13BrOS2. The SMILES string of the molecule is O=C(C[S+]1CCSC1)c1ccccc1.[Br-]. The number of ketones is 1. The number of thioether (sulfide) groups is 1. The van der Waals surface area contributed by atoms with Gasteiger partial charge in [0.15, 0.2) is 10.8 Å². The Labute approximate surface area is 108 Å². The number of carbonyl (C=O) groups is 1. The Kier molecular flexibility index (Phi) is 5.79. The summed E-state index contributed by atoms with van der Waals surface area (Å²) in [6, 6.07) is 9.63. The van der Waals surface area contributed by atoms with E-state index in [9.17, 15) is 4.79 Å². The Hall–Kier alpha value is 0.0700. The Balaban J connectivity index is 0.00000112. The molecule has 82 valence electrons. The first kappa shape index (κ1) is 13.1. The fourth-order valence-corrected chi connectivity index (χ4v) is 5.73. The van der Waals surface area contributed by atoms with Crippen LogP contribution in [-0.4, -0.2) is 28.1 Å². The van der Waals surface area contributed by atoms with E-state index >= 15 is 0 Å². The molecule has 1 aliphatic heterocycles. The van der Waals surface area contributed by atoms with Crippen molar-refractivity contribution < 1.29 is 21.8 Å². The van der Waals surface area contributed by atoms with Gasteiger partial charge in [0.1, 0.15) is 5.75 Å². The van der Waals surface area contributed by atoms with Crippen molar-refractivity contribution in [3.05, 3.63) is 35.9 Å². The van der Waals surface area contributed by atoms with E-state index in [1.165, 1.54) is 16.6 Å². The third kappa shape index (κ3) is 3.85. The molecule has 15 heavy (non-hydrogen) atoms. The first-order valence-corrected chi connectivity index (χ1v) is 7.55. The second-order valence-corrected chi connectivity index (χ2v) is 6.96. The Morgan fingerprint density at radius 3 is 2.67 bits per heavy atom. The molecular weight excluding hydrogens is 292 g/mol. The van der Waals surface area contributed by atoms with E-state index in [-0.39, 0.29) is 17.0 Å². The summed E-state index contributed by atoms with van der Waals surface area (Å²) in [5.41, 5.74) is 0.872. The topological polar surface area (TPSA) is 17.1 Å². The molecule has 0 amide bonds. The lowest BCUT2D eigenvalue weighted by Gasteiger charge is -1.99. The average Bonchev–Trinajstić information content (AvgIpc) is 2.72. The lowest BCUT2D eigenvalue weighted by Crippen LogP contribution is -3.00. The Bertz CT molecular complexity index is 310. The molecule has 0 N–H and O–H groups in total. The highest BCUT2D eigenvalue weighted by atomic mass is 79.9. The van der Waals surface area contributed by atoms with Gasteiger partial charge in [-0.3, -0.25) is 4.79 Å². The van der Waals surface area contributed by atoms with Crippen LogP contribution >= 0.6 is 11.8 Å². The fraction of sp³-hybridized carbons (Fsp3) is 0.364. The Morgan fingerprint density at radius 2 is 2.07 bits per heavy atom. The van der Waals surface area contributed by atoms with Crippen LogP contribution in [0.1, 0.15) is 10.4 Å². The molecule has 1 fully saturated rings. The molecule has 0 spiro atoms. The monoisotopic (exact) mass is 304 g/mol. The molecule has 1 heterocycles. The predicted octanol–water partition coefficient (Wildman–Crippen LogP) is -0.804. The molecule has 0 bridgehead atoms. The molecule has 4 heteroatoms. The van der Waals surface area contributed by atoms with Crippen molar-refractivity contribution >= 4 is 28.4 Å². The van der Waals surface area contributed by atoms with Crippen LogP contribution < -0.4 is 17.0 Å². The van der Waals surface area contributed by atoms with Crippen LogP contribution in [0.15, 0.2) is 30.3 Å². The second kappa shape index (κ2) is 6.61. The highest BCUT2D eigenvalue weighted by molar-refractivity contribution is 8.17. The van der Waals surface area contributed by atoms with Crippen molar-refractivity contribution in [1.29, 1.82) is 0 Å². The summed E-state index contributed by atoms with van der Waals surface area (Å²) >= 11 is 1.98. The van der Waals surface area contributed by atoms with Gasteiger partial charge in [-0.1, -0.05) is 30.3 Å². The zero-order valence-corrected chi connectivity index (χ0v) is 11.5. The Morgan fingerprint density at radius 1 is 1.33 bits per heavy atom. The third-order valence-electron chi connectivity index (χ3n) is 2.20. The lowest BCUT2D eigenvalue weighted by molar-refractivity contribution is -0.0000106. The maximum Gasteiger partial charge on any atom is 0.211 e. The highest BCUT2D eigenvalue weighted by Crippen LogP contribution is 2.19. The number of Topliss-reactive ketones (excluding diaryl/α,β-unsaturated/α-hetero) is 1. The summed E-state index contributed by atoms with van der Waals surface area (Å²) in [6.07, 6.45) is 0. The summed E-state index contributed by atoms with van der Waals surface area (Å²) in [5.74, 6) is 3.56. The molecule has 1 atom stereocenters. The number of halogens is 1. The second-order valence-electron chi connectivity index (χ2n) is 3.28. The molecule has 1 aliphatic rings. The molecule has 0 saturated carbocycles. The minimum absolute atomic E-state index is 0. The molecule has 0 aliphatic carbocycles. The standard InChI is InChI=1S/C11H13OS2.BrH/c12-11(8-14-7-6-13-9-14)10-4-2-1-3-5-10;/h1-5H,6-9H2;1H/q+1;/p-1. The lowest BCUT2D eigenvalue weighted by atomic mass is 10.2. The molecule has 0 aromatic heterocycles. The van der Waals surface area contributed by atoms with Gasteiger partial charge in [-0.05, 0) is 0 Å². The van der Waals surface area contributed by atoms with E-state index in [0.717, 1.165) is 11.3 Å².